The van der Waals surface area contributed by atoms with Crippen LogP contribution in [-0.2, 0) is 6.54 Å². The number of rotatable bonds is 5. The Morgan fingerprint density at radius 2 is 2.27 bits per heavy atom. The highest BCUT2D eigenvalue weighted by molar-refractivity contribution is 9.13. The lowest BCUT2D eigenvalue weighted by molar-refractivity contribution is 0.669. The smallest absolute Gasteiger partial charge is 0.0843 e. The lowest BCUT2D eigenvalue weighted by atomic mass is 10.4. The van der Waals surface area contributed by atoms with Gasteiger partial charge in [0.2, 0.25) is 0 Å². The summed E-state index contributed by atoms with van der Waals surface area (Å²) in [6, 6.07) is 2.18. The van der Waals surface area contributed by atoms with Crippen molar-refractivity contribution in [1.82, 2.24) is 5.32 Å². The number of halogens is 2. The minimum absolute atomic E-state index is 0.561. The van der Waals surface area contributed by atoms with Crippen molar-refractivity contribution in [2.75, 3.05) is 12.8 Å². The van der Waals surface area contributed by atoms with Gasteiger partial charge in [-0.25, -0.2) is 0 Å². The van der Waals surface area contributed by atoms with Gasteiger partial charge in [-0.15, -0.1) is 11.3 Å². The third-order valence-corrected chi connectivity index (χ3v) is 7.36. The molecule has 1 aromatic rings. The molecule has 84 valence electrons. The van der Waals surface area contributed by atoms with Crippen LogP contribution in [0.3, 0.4) is 0 Å². The van der Waals surface area contributed by atoms with Crippen molar-refractivity contribution in [2.24, 2.45) is 0 Å². The van der Waals surface area contributed by atoms with E-state index in [1.165, 1.54) is 21.5 Å². The Hall–Kier alpha value is 0.970. The summed E-state index contributed by atoms with van der Waals surface area (Å²) < 4.78 is 2.91. The number of nitrogens with one attached hydrogen (secondary N) is 1. The molecule has 1 heterocycles. The van der Waals surface area contributed by atoms with Crippen LogP contribution < -0.4 is 5.32 Å². The van der Waals surface area contributed by atoms with E-state index < -0.39 is 0 Å². The van der Waals surface area contributed by atoms with E-state index in [9.17, 15) is 0 Å². The van der Waals surface area contributed by atoms with E-state index in [-0.39, 0.29) is 0 Å². The van der Waals surface area contributed by atoms with Gasteiger partial charge in [-0.3, -0.25) is 0 Å². The van der Waals surface area contributed by atoms with Crippen LogP contribution in [-0.4, -0.2) is 17.5 Å². The lowest BCUT2D eigenvalue weighted by Crippen LogP contribution is -2.25. The highest BCUT2D eigenvalue weighted by Gasteiger charge is 2.41. The first kappa shape index (κ1) is 12.4. The molecule has 0 spiro atoms. The van der Waals surface area contributed by atoms with Gasteiger partial charge in [0.05, 0.1) is 3.79 Å². The van der Waals surface area contributed by atoms with Crippen LogP contribution >= 0.6 is 55.0 Å². The molecule has 1 saturated carbocycles. The Balaban J connectivity index is 1.78. The average molecular weight is 371 g/mol. The summed E-state index contributed by atoms with van der Waals surface area (Å²) in [4.78, 5) is 1.38. The molecular weight excluding hydrogens is 358 g/mol. The Bertz CT molecular complexity index is 328. The Morgan fingerprint density at radius 3 is 2.73 bits per heavy atom. The van der Waals surface area contributed by atoms with Crippen molar-refractivity contribution in [3.05, 3.63) is 19.2 Å². The normalized spacial score (nSPS) is 18.1. The second kappa shape index (κ2) is 5.08. The molecule has 1 aliphatic carbocycles. The van der Waals surface area contributed by atoms with Crippen LogP contribution in [0.2, 0.25) is 0 Å². The highest BCUT2D eigenvalue weighted by Crippen LogP contribution is 2.46. The third-order valence-electron chi connectivity index (χ3n) is 2.68. The molecule has 5 heteroatoms. The van der Waals surface area contributed by atoms with Crippen LogP contribution in [0.1, 0.15) is 17.7 Å². The molecule has 1 aromatic heterocycles. The molecule has 0 saturated heterocycles. The Labute approximate surface area is 116 Å². The molecule has 2 rings (SSSR count). The minimum Gasteiger partial charge on any atom is -0.310 e. The predicted molar refractivity (Wildman–Crippen MR) is 76.9 cm³/mol. The van der Waals surface area contributed by atoms with E-state index in [2.05, 4.69) is 49.5 Å². The molecule has 0 atom stereocenters. The maximum absolute atomic E-state index is 3.54. The fourth-order valence-electron chi connectivity index (χ4n) is 1.48. The summed E-state index contributed by atoms with van der Waals surface area (Å²) in [5, 5.41) is 3.54. The standard InChI is InChI=1S/C10H13Br2NS2/c1-14-10(2-3-10)6-13-5-7-4-8(11)9(12)15-7/h4,13H,2-3,5-6H2,1H3. The zero-order valence-corrected chi connectivity index (χ0v) is 13.3. The van der Waals surface area contributed by atoms with Crippen molar-refractivity contribution in [3.8, 4) is 0 Å². The summed E-state index contributed by atoms with van der Waals surface area (Å²) >= 11 is 10.8. The van der Waals surface area contributed by atoms with Crippen molar-refractivity contribution < 1.29 is 0 Å². The number of hydrogen-bond acceptors (Lipinski definition) is 3. The summed E-state index contributed by atoms with van der Waals surface area (Å²) in [5.41, 5.74) is 0. The van der Waals surface area contributed by atoms with Crippen molar-refractivity contribution in [2.45, 2.75) is 24.1 Å². The van der Waals surface area contributed by atoms with E-state index >= 15 is 0 Å². The molecule has 0 aromatic carbocycles. The van der Waals surface area contributed by atoms with Crippen molar-refractivity contribution in [3.63, 3.8) is 0 Å². The lowest BCUT2D eigenvalue weighted by Gasteiger charge is -2.11. The third kappa shape index (κ3) is 3.22. The maximum atomic E-state index is 3.54. The van der Waals surface area contributed by atoms with E-state index in [4.69, 9.17) is 0 Å². The van der Waals surface area contributed by atoms with Crippen LogP contribution in [0.4, 0.5) is 0 Å². The van der Waals surface area contributed by atoms with Crippen LogP contribution in [0.5, 0.6) is 0 Å². The molecule has 1 nitrogen and oxygen atoms in total. The molecule has 0 bridgehead atoms. The first-order valence-electron chi connectivity index (χ1n) is 4.85. The minimum atomic E-state index is 0.561. The van der Waals surface area contributed by atoms with E-state index in [1.807, 2.05) is 11.8 Å². The topological polar surface area (TPSA) is 12.0 Å². The molecule has 1 aliphatic rings. The van der Waals surface area contributed by atoms with Crippen molar-refractivity contribution >= 4 is 55.0 Å². The number of hydrogen-bond donors (Lipinski definition) is 1. The van der Waals surface area contributed by atoms with Crippen molar-refractivity contribution in [1.29, 1.82) is 0 Å². The monoisotopic (exact) mass is 369 g/mol. The number of thioether (sulfide) groups is 1. The summed E-state index contributed by atoms with van der Waals surface area (Å²) in [6.07, 6.45) is 4.96. The molecular formula is C10H13Br2NS2. The molecule has 0 unspecified atom stereocenters. The fourth-order valence-corrected chi connectivity index (χ4v) is 4.39. The summed E-state index contributed by atoms with van der Waals surface area (Å²) in [5.74, 6) is 0. The van der Waals surface area contributed by atoms with Gasteiger partial charge in [0.25, 0.3) is 0 Å². The van der Waals surface area contributed by atoms with E-state index in [0.29, 0.717) is 4.75 Å². The molecule has 1 N–H and O–H groups in total. The SMILES string of the molecule is CSC1(CNCc2cc(Br)c(Br)s2)CC1. The fraction of sp³-hybridized carbons (Fsp3) is 0.600. The predicted octanol–water partition coefficient (Wildman–Crippen LogP) is 4.26. The van der Waals surface area contributed by atoms with Gasteiger partial charge in [0.15, 0.2) is 0 Å². The molecule has 15 heavy (non-hydrogen) atoms. The van der Waals surface area contributed by atoms with Gasteiger partial charge < -0.3 is 5.32 Å². The largest absolute Gasteiger partial charge is 0.310 e. The van der Waals surface area contributed by atoms with Gasteiger partial charge in [0.1, 0.15) is 0 Å². The highest BCUT2D eigenvalue weighted by atomic mass is 79.9. The second-order valence-corrected chi connectivity index (χ2v) is 8.41. The van der Waals surface area contributed by atoms with Gasteiger partial charge in [-0.2, -0.15) is 11.8 Å². The van der Waals surface area contributed by atoms with Gasteiger partial charge in [-0.05, 0) is 57.0 Å². The molecule has 0 radical (unpaired) electrons. The maximum Gasteiger partial charge on any atom is 0.0843 e. The first-order valence-corrected chi connectivity index (χ1v) is 8.47. The molecule has 0 amide bonds. The average Bonchev–Trinajstić information content (AvgIpc) is 2.91. The second-order valence-electron chi connectivity index (χ2n) is 3.83. The van der Waals surface area contributed by atoms with Crippen LogP contribution in [0, 0.1) is 0 Å². The zero-order chi connectivity index (χ0) is 10.9. The van der Waals surface area contributed by atoms with Gasteiger partial charge in [0, 0.05) is 27.2 Å². The van der Waals surface area contributed by atoms with E-state index in [0.717, 1.165) is 17.6 Å². The molecule has 0 aliphatic heterocycles. The van der Waals surface area contributed by atoms with Gasteiger partial charge >= 0.3 is 0 Å². The zero-order valence-electron chi connectivity index (χ0n) is 8.48. The quantitative estimate of drug-likeness (QED) is 0.830. The summed E-state index contributed by atoms with van der Waals surface area (Å²) in [6.45, 7) is 2.12. The van der Waals surface area contributed by atoms with E-state index in [1.54, 1.807) is 11.3 Å². The van der Waals surface area contributed by atoms with Crippen LogP contribution in [0.25, 0.3) is 0 Å². The number of thiophene rings is 1. The Morgan fingerprint density at radius 1 is 1.53 bits per heavy atom. The van der Waals surface area contributed by atoms with Gasteiger partial charge in [-0.1, -0.05) is 0 Å². The molecule has 1 fully saturated rings. The first-order chi connectivity index (χ1) is 7.15. The van der Waals surface area contributed by atoms with Crippen LogP contribution in [0.15, 0.2) is 14.3 Å². The summed E-state index contributed by atoms with van der Waals surface area (Å²) in [7, 11) is 0. The Kier molecular flexibility index (Phi) is 4.21.